The molecule has 12 heteroatoms. The number of halogens is 1. The number of rotatable bonds is 4. The molecule has 4 atom stereocenters. The van der Waals surface area contributed by atoms with Crippen LogP contribution in [0.15, 0.2) is 47.4 Å². The van der Waals surface area contributed by atoms with Crippen molar-refractivity contribution in [1.29, 1.82) is 0 Å². The van der Waals surface area contributed by atoms with E-state index in [1.165, 1.54) is 19.2 Å². The number of methoxy groups -OCH3 is 1. The number of allylic oxidation sites excluding steroid dienone is 2. The van der Waals surface area contributed by atoms with E-state index in [1.54, 1.807) is 24.3 Å². The first-order valence-electron chi connectivity index (χ1n) is 11.6. The fourth-order valence-electron chi connectivity index (χ4n) is 5.79. The largest absolute Gasteiger partial charge is 0.504 e. The maximum Gasteiger partial charge on any atom is 0.488 e. The molecule has 5 rings (SSSR count). The van der Waals surface area contributed by atoms with Gasteiger partial charge in [0.2, 0.25) is 11.8 Å². The van der Waals surface area contributed by atoms with Gasteiger partial charge >= 0.3 is 14.2 Å². The average Bonchev–Trinajstić information content (AvgIpc) is 3.09. The van der Waals surface area contributed by atoms with E-state index in [4.69, 9.17) is 9.39 Å². The van der Waals surface area contributed by atoms with E-state index in [-0.39, 0.29) is 34.5 Å². The second kappa shape index (κ2) is 9.49. The molecular formula is C24H24B2INO8. The van der Waals surface area contributed by atoms with Gasteiger partial charge in [0, 0.05) is 0 Å². The van der Waals surface area contributed by atoms with E-state index >= 15 is 0 Å². The summed E-state index contributed by atoms with van der Waals surface area (Å²) in [6, 6.07) is 9.48. The van der Waals surface area contributed by atoms with Gasteiger partial charge in [0.15, 0.2) is 11.5 Å². The molecule has 0 spiro atoms. The number of phenols is 1. The lowest BCUT2D eigenvalue weighted by Gasteiger charge is -2.41. The fraction of sp³-hybridized carbons (Fsp3) is 0.333. The maximum absolute atomic E-state index is 13.7. The van der Waals surface area contributed by atoms with Crippen LogP contribution in [0.3, 0.4) is 0 Å². The van der Waals surface area contributed by atoms with E-state index in [2.05, 4.69) is 0 Å². The predicted octanol–water partition coefficient (Wildman–Crippen LogP) is 1.31. The molecule has 0 radical (unpaired) electrons. The molecule has 2 aliphatic heterocycles. The number of phenolic OH excluding ortho intramolecular Hbond substituents is 1. The number of hydrogen-bond acceptors (Lipinski definition) is 8. The van der Waals surface area contributed by atoms with Gasteiger partial charge in [-0.2, -0.15) is 0 Å². The van der Waals surface area contributed by atoms with Crippen LogP contribution in [-0.4, -0.2) is 53.3 Å². The van der Waals surface area contributed by atoms with Crippen molar-refractivity contribution >= 4 is 59.8 Å². The summed E-state index contributed by atoms with van der Waals surface area (Å²) in [5.41, 5.74) is 2.61. The highest BCUT2D eigenvalue weighted by molar-refractivity contribution is 14.1. The Morgan fingerprint density at radius 1 is 1.17 bits per heavy atom. The number of carbonyl (C=O) groups is 2. The zero-order valence-corrected chi connectivity index (χ0v) is 21.7. The van der Waals surface area contributed by atoms with Crippen molar-refractivity contribution in [3.05, 3.63) is 56.6 Å². The minimum Gasteiger partial charge on any atom is -0.504 e. The number of benzene rings is 2. The number of hydrogen-bond donors (Lipinski definition) is 4. The molecule has 9 nitrogen and oxygen atoms in total. The number of amides is 2. The van der Waals surface area contributed by atoms with Gasteiger partial charge in [0.05, 0.1) is 34.3 Å². The van der Waals surface area contributed by atoms with Crippen LogP contribution < -0.4 is 15.1 Å². The summed E-state index contributed by atoms with van der Waals surface area (Å²) in [6.45, 7) is 1.85. The highest BCUT2D eigenvalue weighted by atomic mass is 127. The molecule has 186 valence electrons. The van der Waals surface area contributed by atoms with Crippen molar-refractivity contribution in [2.75, 3.05) is 12.0 Å². The maximum atomic E-state index is 13.7. The van der Waals surface area contributed by atoms with Gasteiger partial charge in [-0.1, -0.05) is 17.7 Å². The van der Waals surface area contributed by atoms with Crippen molar-refractivity contribution in [3.8, 4) is 11.5 Å². The third-order valence-corrected chi connectivity index (χ3v) is 8.25. The quantitative estimate of drug-likeness (QED) is 0.234. The normalized spacial score (nSPS) is 25.7. The third kappa shape index (κ3) is 4.04. The van der Waals surface area contributed by atoms with Crippen LogP contribution in [0.25, 0.3) is 0 Å². The van der Waals surface area contributed by atoms with Crippen LogP contribution in [0.2, 0.25) is 0 Å². The Labute approximate surface area is 222 Å². The van der Waals surface area contributed by atoms with Crippen LogP contribution in [0.4, 0.5) is 5.69 Å². The second-order valence-electron chi connectivity index (χ2n) is 9.43. The summed E-state index contributed by atoms with van der Waals surface area (Å²) in [5.74, 6) is -2.13. The van der Waals surface area contributed by atoms with Gasteiger partial charge in [-0.05, 0) is 89.0 Å². The Hall–Kier alpha value is -2.38. The molecule has 0 saturated carbocycles. The topological polar surface area (TPSA) is 137 Å². The standard InChI is InChI=1S/C24H24B2INO8/c1-11-6-16-20(24(31)28(23(16)30)14-5-3-4-13(9-14)25(32)33)15-10-18(36-26(34)21(11)15)12-7-17(27)22(29)19(8-12)35-2/h3-5,7-9,15-16,18,20,29,32-34H,6,10H2,1-2H3/t15-,16-,18-,20+/m0/s1. The minimum absolute atomic E-state index is 0.00908. The fourth-order valence-corrected chi connectivity index (χ4v) is 6.41. The molecule has 2 saturated heterocycles. The molecule has 3 aliphatic rings. The van der Waals surface area contributed by atoms with Crippen LogP contribution >= 0.6 is 22.6 Å². The van der Waals surface area contributed by atoms with Gasteiger partial charge in [0.25, 0.3) is 0 Å². The van der Waals surface area contributed by atoms with E-state index in [0.29, 0.717) is 27.4 Å². The molecule has 0 unspecified atom stereocenters. The molecule has 2 amide bonds. The SMILES string of the molecule is COc1cc([C@@H]2C[C@@H]3C(=C(C)C[C@@H]4C(=O)N(c5cccc(B(O)O)c5)C(=O)[C@@H]43)B(O)O2)cc(I)c1O. The summed E-state index contributed by atoms with van der Waals surface area (Å²) in [7, 11) is -1.52. The average molecular weight is 603 g/mol. The number of imide groups is 1. The minimum atomic E-state index is -1.73. The van der Waals surface area contributed by atoms with Crippen LogP contribution in [0, 0.1) is 21.3 Å². The summed E-state index contributed by atoms with van der Waals surface area (Å²) < 4.78 is 11.8. The van der Waals surface area contributed by atoms with Crippen LogP contribution in [0.1, 0.15) is 31.4 Å². The Morgan fingerprint density at radius 3 is 2.61 bits per heavy atom. The number of aromatic hydroxyl groups is 1. The predicted molar refractivity (Wildman–Crippen MR) is 140 cm³/mol. The smallest absolute Gasteiger partial charge is 0.488 e. The Kier molecular flexibility index (Phi) is 6.66. The van der Waals surface area contributed by atoms with Crippen molar-refractivity contribution in [2.24, 2.45) is 17.8 Å². The number of anilines is 1. The molecule has 2 aromatic rings. The lowest BCUT2D eigenvalue weighted by Crippen LogP contribution is -2.44. The Balaban J connectivity index is 1.52. The Morgan fingerprint density at radius 2 is 1.92 bits per heavy atom. The zero-order chi connectivity index (χ0) is 25.9. The van der Waals surface area contributed by atoms with E-state index in [1.807, 2.05) is 29.5 Å². The molecule has 4 N–H and O–H groups in total. The summed E-state index contributed by atoms with van der Waals surface area (Å²) >= 11 is 1.99. The summed E-state index contributed by atoms with van der Waals surface area (Å²) in [5, 5.41) is 40.3. The summed E-state index contributed by atoms with van der Waals surface area (Å²) in [4.78, 5) is 28.3. The highest BCUT2D eigenvalue weighted by Gasteiger charge is 2.57. The zero-order valence-electron chi connectivity index (χ0n) is 19.6. The molecule has 36 heavy (non-hydrogen) atoms. The third-order valence-electron chi connectivity index (χ3n) is 7.42. The summed E-state index contributed by atoms with van der Waals surface area (Å²) in [6.07, 6.45) is 0.0979. The molecule has 2 heterocycles. The van der Waals surface area contributed by atoms with Gasteiger partial charge in [0.1, 0.15) is 0 Å². The molecule has 0 bridgehead atoms. The van der Waals surface area contributed by atoms with Crippen LogP contribution in [0.5, 0.6) is 11.5 Å². The first kappa shape index (κ1) is 25.3. The van der Waals surface area contributed by atoms with Gasteiger partial charge in [-0.25, -0.2) is 0 Å². The Bertz CT molecular complexity index is 1280. The molecule has 0 aromatic heterocycles. The van der Waals surface area contributed by atoms with E-state index < -0.39 is 38.1 Å². The second-order valence-corrected chi connectivity index (χ2v) is 10.6. The number of carbonyl (C=O) groups excluding carboxylic acids is 2. The molecule has 1 aliphatic carbocycles. The first-order valence-corrected chi connectivity index (χ1v) is 12.6. The van der Waals surface area contributed by atoms with Gasteiger partial charge in [-0.15, -0.1) is 0 Å². The van der Waals surface area contributed by atoms with Gasteiger partial charge in [-0.3, -0.25) is 14.5 Å². The van der Waals surface area contributed by atoms with Crippen molar-refractivity contribution in [3.63, 3.8) is 0 Å². The van der Waals surface area contributed by atoms with Crippen molar-refractivity contribution in [1.82, 2.24) is 0 Å². The molecular weight excluding hydrogens is 579 g/mol. The van der Waals surface area contributed by atoms with E-state index in [0.717, 1.165) is 10.5 Å². The van der Waals surface area contributed by atoms with Crippen LogP contribution in [-0.2, 0) is 14.2 Å². The first-order chi connectivity index (χ1) is 17.1. The lowest BCUT2D eigenvalue weighted by molar-refractivity contribution is -0.123. The monoisotopic (exact) mass is 603 g/mol. The number of nitrogens with zero attached hydrogens (tertiary/aromatic N) is 1. The number of fused-ring (bicyclic) bond motifs is 3. The molecule has 2 fully saturated rings. The highest BCUT2D eigenvalue weighted by Crippen LogP contribution is 2.52. The molecule has 2 aromatic carbocycles. The van der Waals surface area contributed by atoms with E-state index in [9.17, 15) is 29.8 Å². The lowest BCUT2D eigenvalue weighted by atomic mass is 9.55. The number of ether oxygens (including phenoxy) is 1. The van der Waals surface area contributed by atoms with Crippen molar-refractivity contribution < 1.29 is 39.2 Å². The van der Waals surface area contributed by atoms with Gasteiger partial charge < -0.3 is 29.6 Å². The van der Waals surface area contributed by atoms with Crippen molar-refractivity contribution in [2.45, 2.75) is 25.9 Å².